The van der Waals surface area contributed by atoms with Crippen LogP contribution in [0.1, 0.15) is 22.9 Å². The van der Waals surface area contributed by atoms with Gasteiger partial charge in [0.05, 0.1) is 0 Å². The third kappa shape index (κ3) is 3.32. The lowest BCUT2D eigenvalue weighted by molar-refractivity contribution is 0.697. The normalized spacial score (nSPS) is 10.6. The number of nitrogens with two attached hydrogens (primary N) is 1. The molecule has 0 bridgehead atoms. The standard InChI is InChI=1S/C14H18N2S/c1-2-12-6-7-17-14(12)10-16-9-11-4-3-5-13(15)8-11/h3-8,16H,2,9-10,15H2,1H3. The van der Waals surface area contributed by atoms with E-state index in [0.29, 0.717) is 0 Å². The average Bonchev–Trinajstić information content (AvgIpc) is 2.77. The number of anilines is 1. The van der Waals surface area contributed by atoms with Crippen LogP contribution in [0, 0.1) is 0 Å². The van der Waals surface area contributed by atoms with E-state index < -0.39 is 0 Å². The van der Waals surface area contributed by atoms with Crippen molar-refractivity contribution in [3.8, 4) is 0 Å². The van der Waals surface area contributed by atoms with E-state index in [2.05, 4.69) is 29.8 Å². The fourth-order valence-corrected chi connectivity index (χ4v) is 2.81. The van der Waals surface area contributed by atoms with Gasteiger partial charge in [0.15, 0.2) is 0 Å². The highest BCUT2D eigenvalue weighted by Gasteiger charge is 2.01. The minimum atomic E-state index is 0.828. The van der Waals surface area contributed by atoms with Crippen LogP contribution in [0.2, 0.25) is 0 Å². The number of hydrogen-bond acceptors (Lipinski definition) is 3. The van der Waals surface area contributed by atoms with E-state index in [0.717, 1.165) is 25.2 Å². The summed E-state index contributed by atoms with van der Waals surface area (Å²) in [5.41, 5.74) is 9.26. The van der Waals surface area contributed by atoms with Crippen LogP contribution in [0.15, 0.2) is 35.7 Å². The molecule has 0 aliphatic rings. The van der Waals surface area contributed by atoms with Crippen LogP contribution in [0.3, 0.4) is 0 Å². The van der Waals surface area contributed by atoms with Gasteiger partial charge in [-0.3, -0.25) is 0 Å². The first-order valence-corrected chi connectivity index (χ1v) is 6.78. The van der Waals surface area contributed by atoms with Crippen molar-refractivity contribution in [3.63, 3.8) is 0 Å². The largest absolute Gasteiger partial charge is 0.399 e. The predicted octanol–water partition coefficient (Wildman–Crippen LogP) is 3.18. The molecule has 90 valence electrons. The topological polar surface area (TPSA) is 38.0 Å². The zero-order chi connectivity index (χ0) is 12.1. The van der Waals surface area contributed by atoms with Crippen molar-refractivity contribution in [1.29, 1.82) is 0 Å². The van der Waals surface area contributed by atoms with Gasteiger partial charge in [0.1, 0.15) is 0 Å². The molecule has 0 aliphatic heterocycles. The van der Waals surface area contributed by atoms with Crippen LogP contribution in [0.5, 0.6) is 0 Å². The molecule has 1 aromatic heterocycles. The highest BCUT2D eigenvalue weighted by Crippen LogP contribution is 2.17. The van der Waals surface area contributed by atoms with Crippen LogP contribution < -0.4 is 11.1 Å². The molecule has 0 atom stereocenters. The Morgan fingerprint density at radius 3 is 2.88 bits per heavy atom. The van der Waals surface area contributed by atoms with Crippen molar-refractivity contribution in [2.45, 2.75) is 26.4 Å². The van der Waals surface area contributed by atoms with Gasteiger partial charge < -0.3 is 11.1 Å². The van der Waals surface area contributed by atoms with Gasteiger partial charge in [-0.1, -0.05) is 19.1 Å². The molecule has 2 rings (SSSR count). The van der Waals surface area contributed by atoms with Crippen molar-refractivity contribution in [2.75, 3.05) is 5.73 Å². The zero-order valence-corrected chi connectivity index (χ0v) is 10.9. The van der Waals surface area contributed by atoms with Gasteiger partial charge in [0.25, 0.3) is 0 Å². The van der Waals surface area contributed by atoms with Crippen LogP contribution >= 0.6 is 11.3 Å². The average molecular weight is 246 g/mol. The molecule has 0 saturated carbocycles. The van der Waals surface area contributed by atoms with Crippen molar-refractivity contribution in [1.82, 2.24) is 5.32 Å². The van der Waals surface area contributed by atoms with E-state index in [1.807, 2.05) is 29.5 Å². The van der Waals surface area contributed by atoms with Gasteiger partial charge in [-0.05, 0) is 41.1 Å². The third-order valence-corrected chi connectivity index (χ3v) is 3.75. The molecule has 3 heteroatoms. The number of benzene rings is 1. The second-order valence-electron chi connectivity index (χ2n) is 4.07. The van der Waals surface area contributed by atoms with Gasteiger partial charge in [-0.25, -0.2) is 0 Å². The smallest absolute Gasteiger partial charge is 0.0317 e. The molecule has 2 aromatic rings. The van der Waals surface area contributed by atoms with Crippen LogP contribution in [0.4, 0.5) is 5.69 Å². The first-order valence-electron chi connectivity index (χ1n) is 5.90. The van der Waals surface area contributed by atoms with Crippen molar-refractivity contribution in [3.05, 3.63) is 51.7 Å². The summed E-state index contributed by atoms with van der Waals surface area (Å²) in [6.07, 6.45) is 1.11. The molecule has 1 heterocycles. The van der Waals surface area contributed by atoms with Gasteiger partial charge in [-0.15, -0.1) is 11.3 Å². The molecule has 17 heavy (non-hydrogen) atoms. The number of nitrogens with one attached hydrogen (secondary N) is 1. The SMILES string of the molecule is CCc1ccsc1CNCc1cccc(N)c1. The molecule has 0 radical (unpaired) electrons. The molecule has 0 spiro atoms. The lowest BCUT2D eigenvalue weighted by atomic mass is 10.2. The molecule has 0 fully saturated rings. The van der Waals surface area contributed by atoms with Crippen LogP contribution in [-0.2, 0) is 19.5 Å². The monoisotopic (exact) mass is 246 g/mol. The first-order chi connectivity index (χ1) is 8.29. The second kappa shape index (κ2) is 5.84. The van der Waals surface area contributed by atoms with E-state index in [1.54, 1.807) is 0 Å². The van der Waals surface area contributed by atoms with Crippen molar-refractivity contribution >= 4 is 17.0 Å². The number of aryl methyl sites for hydroxylation is 1. The van der Waals surface area contributed by atoms with Crippen molar-refractivity contribution in [2.24, 2.45) is 0 Å². The lowest BCUT2D eigenvalue weighted by Crippen LogP contribution is -2.12. The highest BCUT2D eigenvalue weighted by atomic mass is 32.1. The molecule has 3 N–H and O–H groups in total. The first kappa shape index (κ1) is 12.1. The molecule has 0 unspecified atom stereocenters. The predicted molar refractivity (Wildman–Crippen MR) is 75.1 cm³/mol. The third-order valence-electron chi connectivity index (χ3n) is 2.78. The van der Waals surface area contributed by atoms with E-state index in [-0.39, 0.29) is 0 Å². The molecular weight excluding hydrogens is 228 g/mol. The molecule has 0 aliphatic carbocycles. The fraction of sp³-hybridized carbons (Fsp3) is 0.286. The summed E-state index contributed by atoms with van der Waals surface area (Å²) in [5, 5.41) is 5.62. The van der Waals surface area contributed by atoms with Gasteiger partial charge in [0.2, 0.25) is 0 Å². The summed E-state index contributed by atoms with van der Waals surface area (Å²) in [6, 6.07) is 10.2. The van der Waals surface area contributed by atoms with Gasteiger partial charge >= 0.3 is 0 Å². The van der Waals surface area contributed by atoms with Gasteiger partial charge in [-0.2, -0.15) is 0 Å². The number of hydrogen-bond donors (Lipinski definition) is 2. The van der Waals surface area contributed by atoms with Crippen LogP contribution in [0.25, 0.3) is 0 Å². The maximum atomic E-state index is 5.74. The Balaban J connectivity index is 1.87. The molecule has 1 aromatic carbocycles. The maximum absolute atomic E-state index is 5.74. The molecule has 2 nitrogen and oxygen atoms in total. The van der Waals surface area contributed by atoms with E-state index in [4.69, 9.17) is 5.73 Å². The Morgan fingerprint density at radius 1 is 1.24 bits per heavy atom. The summed E-state index contributed by atoms with van der Waals surface area (Å²) in [6.45, 7) is 4.01. The number of thiophene rings is 1. The Labute approximate surface area is 106 Å². The molecule has 0 amide bonds. The second-order valence-corrected chi connectivity index (χ2v) is 5.07. The van der Waals surface area contributed by atoms with Crippen molar-refractivity contribution < 1.29 is 0 Å². The fourth-order valence-electron chi connectivity index (χ4n) is 1.86. The Bertz CT molecular complexity index is 477. The number of rotatable bonds is 5. The van der Waals surface area contributed by atoms with Gasteiger partial charge in [0, 0.05) is 23.7 Å². The highest BCUT2D eigenvalue weighted by molar-refractivity contribution is 7.10. The number of nitrogen functional groups attached to an aromatic ring is 1. The Hall–Kier alpha value is -1.32. The van der Waals surface area contributed by atoms with E-state index in [1.165, 1.54) is 16.0 Å². The molecule has 0 saturated heterocycles. The summed E-state index contributed by atoms with van der Waals surface area (Å²) in [7, 11) is 0. The van der Waals surface area contributed by atoms with Crippen LogP contribution in [-0.4, -0.2) is 0 Å². The lowest BCUT2D eigenvalue weighted by Gasteiger charge is -2.06. The summed E-state index contributed by atoms with van der Waals surface area (Å²) in [4.78, 5) is 1.44. The van der Waals surface area contributed by atoms with E-state index in [9.17, 15) is 0 Å². The minimum absolute atomic E-state index is 0.828. The maximum Gasteiger partial charge on any atom is 0.0317 e. The summed E-state index contributed by atoms with van der Waals surface area (Å²) >= 11 is 1.83. The van der Waals surface area contributed by atoms with E-state index >= 15 is 0 Å². The minimum Gasteiger partial charge on any atom is -0.399 e. The molecular formula is C14H18N2S. The summed E-state index contributed by atoms with van der Waals surface area (Å²) < 4.78 is 0. The summed E-state index contributed by atoms with van der Waals surface area (Å²) in [5.74, 6) is 0. The quantitative estimate of drug-likeness (QED) is 0.795. The Morgan fingerprint density at radius 2 is 2.12 bits per heavy atom. The zero-order valence-electron chi connectivity index (χ0n) is 10.1. The Kier molecular flexibility index (Phi) is 4.18.